The van der Waals surface area contributed by atoms with Crippen molar-refractivity contribution in [3.63, 3.8) is 0 Å². The molecule has 0 aliphatic carbocycles. The van der Waals surface area contributed by atoms with E-state index in [0.717, 1.165) is 0 Å². The van der Waals surface area contributed by atoms with Crippen molar-refractivity contribution in [3.8, 4) is 11.1 Å². The molecule has 0 aliphatic rings. The topological polar surface area (TPSA) is 106 Å². The van der Waals surface area contributed by atoms with Gasteiger partial charge in [0.2, 0.25) is 20.0 Å². The van der Waals surface area contributed by atoms with E-state index >= 15 is 0 Å². The summed E-state index contributed by atoms with van der Waals surface area (Å²) in [7, 11) is -7.41. The molecule has 6 nitrogen and oxygen atoms in total. The van der Waals surface area contributed by atoms with Crippen LogP contribution in [0.15, 0.2) is 53.4 Å². The molecule has 0 spiro atoms. The Hall–Kier alpha value is -1.90. The molecule has 0 amide bonds. The fourth-order valence-corrected chi connectivity index (χ4v) is 3.39. The Labute approximate surface area is 130 Å². The molecule has 0 aromatic heterocycles. The maximum atomic E-state index is 11.8. The standard InChI is InChI=1S/C14H16N2O4S2/c1-2-21(17,18)16-13-9-5-3-7-11(13)12-8-4-6-10-14(12)22(15,19)20/h3-10,16H,2H2,1H3,(H2,15,19,20). The zero-order valence-corrected chi connectivity index (χ0v) is 13.5. The van der Waals surface area contributed by atoms with E-state index < -0.39 is 20.0 Å². The fraction of sp³-hybridized carbons (Fsp3) is 0.143. The summed E-state index contributed by atoms with van der Waals surface area (Å²) < 4.78 is 49.4. The predicted molar refractivity (Wildman–Crippen MR) is 86.3 cm³/mol. The minimum Gasteiger partial charge on any atom is -0.283 e. The van der Waals surface area contributed by atoms with Gasteiger partial charge in [0.1, 0.15) is 0 Å². The Morgan fingerprint density at radius 3 is 2.05 bits per heavy atom. The zero-order valence-electron chi connectivity index (χ0n) is 11.9. The van der Waals surface area contributed by atoms with Gasteiger partial charge < -0.3 is 0 Å². The lowest BCUT2D eigenvalue weighted by molar-refractivity contribution is 0.597. The summed E-state index contributed by atoms with van der Waals surface area (Å²) in [5, 5.41) is 5.23. The van der Waals surface area contributed by atoms with Crippen molar-refractivity contribution < 1.29 is 16.8 Å². The second-order valence-corrected chi connectivity index (χ2v) is 8.13. The molecular weight excluding hydrogens is 324 g/mol. The number of hydrogen-bond acceptors (Lipinski definition) is 4. The van der Waals surface area contributed by atoms with Gasteiger partial charge in [0, 0.05) is 11.1 Å². The first-order chi connectivity index (χ1) is 10.2. The van der Waals surface area contributed by atoms with Crippen molar-refractivity contribution in [3.05, 3.63) is 48.5 Å². The van der Waals surface area contributed by atoms with Crippen LogP contribution in [0.5, 0.6) is 0 Å². The molecule has 0 bridgehead atoms. The van der Waals surface area contributed by atoms with Crippen LogP contribution in [0.1, 0.15) is 6.92 Å². The Bertz CT molecular complexity index is 891. The highest BCUT2D eigenvalue weighted by Gasteiger charge is 2.18. The summed E-state index contributed by atoms with van der Waals surface area (Å²) in [6, 6.07) is 12.8. The molecule has 0 aliphatic heterocycles. The molecule has 2 aromatic carbocycles. The maximum absolute atomic E-state index is 11.8. The molecule has 2 aromatic rings. The first kappa shape index (κ1) is 16.5. The molecule has 8 heteroatoms. The summed E-state index contributed by atoms with van der Waals surface area (Å²) in [5.74, 6) is -0.0852. The fourth-order valence-electron chi connectivity index (χ4n) is 1.98. The summed E-state index contributed by atoms with van der Waals surface area (Å²) in [6.07, 6.45) is 0. The van der Waals surface area contributed by atoms with E-state index in [2.05, 4.69) is 4.72 Å². The minimum absolute atomic E-state index is 0.0573. The third-order valence-electron chi connectivity index (χ3n) is 3.06. The molecule has 0 atom stereocenters. The number of benzene rings is 2. The quantitative estimate of drug-likeness (QED) is 0.865. The van der Waals surface area contributed by atoms with Crippen LogP contribution in [0.4, 0.5) is 5.69 Å². The van der Waals surface area contributed by atoms with Crippen molar-refractivity contribution in [2.45, 2.75) is 11.8 Å². The van der Waals surface area contributed by atoms with Gasteiger partial charge in [-0.2, -0.15) is 0 Å². The Balaban J connectivity index is 2.66. The normalized spacial score (nSPS) is 12.1. The number of rotatable bonds is 5. The largest absolute Gasteiger partial charge is 0.283 e. The van der Waals surface area contributed by atoms with Crippen LogP contribution in [-0.2, 0) is 20.0 Å². The SMILES string of the molecule is CCS(=O)(=O)Nc1ccccc1-c1ccccc1S(N)(=O)=O. The molecule has 0 saturated carbocycles. The third kappa shape index (κ3) is 3.65. The molecule has 0 fully saturated rings. The average Bonchev–Trinajstić information content (AvgIpc) is 2.47. The van der Waals surface area contributed by atoms with Crippen molar-refractivity contribution in [2.24, 2.45) is 5.14 Å². The molecule has 0 unspecified atom stereocenters. The van der Waals surface area contributed by atoms with E-state index in [1.54, 1.807) is 42.5 Å². The van der Waals surface area contributed by atoms with Gasteiger partial charge in [0.25, 0.3) is 0 Å². The van der Waals surface area contributed by atoms with Crippen LogP contribution in [0.2, 0.25) is 0 Å². The first-order valence-electron chi connectivity index (χ1n) is 6.46. The average molecular weight is 340 g/mol. The summed E-state index contributed by atoms with van der Waals surface area (Å²) in [4.78, 5) is -0.0573. The van der Waals surface area contributed by atoms with Crippen LogP contribution in [0, 0.1) is 0 Å². The van der Waals surface area contributed by atoms with Crippen molar-refractivity contribution in [2.75, 3.05) is 10.5 Å². The molecule has 0 saturated heterocycles. The van der Waals surface area contributed by atoms with Crippen LogP contribution in [-0.4, -0.2) is 22.6 Å². The van der Waals surface area contributed by atoms with Gasteiger partial charge >= 0.3 is 0 Å². The monoisotopic (exact) mass is 340 g/mol. The molecule has 2 rings (SSSR count). The lowest BCUT2D eigenvalue weighted by atomic mass is 10.0. The Morgan fingerprint density at radius 1 is 0.909 bits per heavy atom. The summed E-state index contributed by atoms with van der Waals surface area (Å²) >= 11 is 0. The van der Waals surface area contributed by atoms with E-state index in [1.165, 1.54) is 13.0 Å². The van der Waals surface area contributed by atoms with Crippen LogP contribution in [0.3, 0.4) is 0 Å². The van der Waals surface area contributed by atoms with Gasteiger partial charge in [-0.15, -0.1) is 0 Å². The van der Waals surface area contributed by atoms with Gasteiger partial charge in [-0.25, -0.2) is 22.0 Å². The van der Waals surface area contributed by atoms with E-state index in [9.17, 15) is 16.8 Å². The van der Waals surface area contributed by atoms with Crippen LogP contribution in [0.25, 0.3) is 11.1 Å². The summed E-state index contributed by atoms with van der Waals surface area (Å²) in [5.41, 5.74) is 1.10. The number of nitrogens with two attached hydrogens (primary N) is 1. The number of para-hydroxylation sites is 1. The zero-order chi connectivity index (χ0) is 16.4. The van der Waals surface area contributed by atoms with Crippen LogP contribution < -0.4 is 9.86 Å². The minimum atomic E-state index is -3.92. The second-order valence-electron chi connectivity index (χ2n) is 4.59. The van der Waals surface area contributed by atoms with Gasteiger partial charge in [0.05, 0.1) is 16.3 Å². The Morgan fingerprint density at radius 2 is 1.45 bits per heavy atom. The second kappa shape index (κ2) is 6.07. The van der Waals surface area contributed by atoms with E-state index in [1.807, 2.05) is 0 Å². The number of anilines is 1. The molecular formula is C14H16N2O4S2. The highest BCUT2D eigenvalue weighted by molar-refractivity contribution is 7.92. The van der Waals surface area contributed by atoms with Crippen LogP contribution >= 0.6 is 0 Å². The van der Waals surface area contributed by atoms with Gasteiger partial charge in [-0.3, -0.25) is 4.72 Å². The number of nitrogens with one attached hydrogen (secondary N) is 1. The number of sulfonamides is 2. The lowest BCUT2D eigenvalue weighted by Gasteiger charge is -2.14. The van der Waals surface area contributed by atoms with Crippen molar-refractivity contribution in [1.29, 1.82) is 0 Å². The number of hydrogen-bond donors (Lipinski definition) is 2. The van der Waals surface area contributed by atoms with Gasteiger partial charge in [0.15, 0.2) is 0 Å². The molecule has 3 N–H and O–H groups in total. The highest BCUT2D eigenvalue weighted by Crippen LogP contribution is 2.32. The third-order valence-corrected chi connectivity index (χ3v) is 5.32. The highest BCUT2D eigenvalue weighted by atomic mass is 32.2. The molecule has 22 heavy (non-hydrogen) atoms. The Kier molecular flexibility index (Phi) is 4.55. The molecule has 0 heterocycles. The van der Waals surface area contributed by atoms with E-state index in [-0.39, 0.29) is 10.6 Å². The maximum Gasteiger partial charge on any atom is 0.238 e. The van der Waals surface area contributed by atoms with Gasteiger partial charge in [-0.1, -0.05) is 36.4 Å². The lowest BCUT2D eigenvalue weighted by Crippen LogP contribution is -2.16. The molecule has 118 valence electrons. The van der Waals surface area contributed by atoms with E-state index in [4.69, 9.17) is 5.14 Å². The molecule has 0 radical (unpaired) electrons. The summed E-state index contributed by atoms with van der Waals surface area (Å²) in [6.45, 7) is 1.52. The van der Waals surface area contributed by atoms with Crippen molar-refractivity contribution in [1.82, 2.24) is 0 Å². The first-order valence-corrected chi connectivity index (χ1v) is 9.66. The van der Waals surface area contributed by atoms with E-state index in [0.29, 0.717) is 16.8 Å². The smallest absolute Gasteiger partial charge is 0.238 e. The van der Waals surface area contributed by atoms with Crippen molar-refractivity contribution >= 4 is 25.7 Å². The number of primary sulfonamides is 1. The van der Waals surface area contributed by atoms with Gasteiger partial charge in [-0.05, 0) is 19.1 Å². The predicted octanol–water partition coefficient (Wildman–Crippen LogP) is 1.76.